The smallest absolute Gasteiger partial charge is 0.295 e. The van der Waals surface area contributed by atoms with Crippen molar-refractivity contribution < 1.29 is 24.3 Å². The number of hydrogen-bond donors (Lipinski definition) is 1. The number of likely N-dealkylation sites (N-methyl/N-ethyl adjacent to an activating group) is 1. The normalized spacial score (nSPS) is 18.1. The number of carbonyl (C=O) groups is 2. The summed E-state index contributed by atoms with van der Waals surface area (Å²) in [6.45, 7) is 7.74. The van der Waals surface area contributed by atoms with Crippen molar-refractivity contribution in [2.24, 2.45) is 5.92 Å². The fourth-order valence-electron chi connectivity index (χ4n) is 3.66. The lowest BCUT2D eigenvalue weighted by molar-refractivity contribution is -0.857. The predicted molar refractivity (Wildman–Crippen MR) is 122 cm³/mol. The fourth-order valence-corrected chi connectivity index (χ4v) is 3.66. The number of nitrogens with zero attached hydrogens (tertiary/aromatic N) is 1. The SMILES string of the molecule is Cc1ccc(C2/C(=C(\[O-])c3ccc(OCC(C)C)cc3)C(=O)C(=O)N2CC[NH+](C)C)cc1. The number of ether oxygens (including phenoxy) is 1. The molecule has 0 aromatic heterocycles. The Morgan fingerprint density at radius 2 is 1.69 bits per heavy atom. The van der Waals surface area contributed by atoms with Crippen molar-refractivity contribution in [2.45, 2.75) is 26.8 Å². The molecular formula is C26H32N2O4. The van der Waals surface area contributed by atoms with Crippen molar-refractivity contribution in [1.82, 2.24) is 4.90 Å². The number of quaternary nitrogens is 1. The Hall–Kier alpha value is -3.12. The number of nitrogens with one attached hydrogen (secondary N) is 1. The number of rotatable bonds is 8. The van der Waals surface area contributed by atoms with Crippen LogP contribution in [0.2, 0.25) is 0 Å². The van der Waals surface area contributed by atoms with Crippen molar-refractivity contribution in [2.75, 3.05) is 33.8 Å². The van der Waals surface area contributed by atoms with Gasteiger partial charge in [0.25, 0.3) is 5.91 Å². The van der Waals surface area contributed by atoms with Gasteiger partial charge in [0.1, 0.15) is 5.75 Å². The molecule has 0 aliphatic carbocycles. The lowest BCUT2D eigenvalue weighted by atomic mass is 9.94. The lowest BCUT2D eigenvalue weighted by Gasteiger charge is -2.28. The first-order valence-corrected chi connectivity index (χ1v) is 11.0. The summed E-state index contributed by atoms with van der Waals surface area (Å²) in [6, 6.07) is 13.7. The highest BCUT2D eigenvalue weighted by Gasteiger charge is 2.44. The Bertz CT molecular complexity index is 991. The Kier molecular flexibility index (Phi) is 7.36. The van der Waals surface area contributed by atoms with Crippen LogP contribution in [0.5, 0.6) is 5.75 Å². The van der Waals surface area contributed by atoms with E-state index in [1.807, 2.05) is 45.3 Å². The average Bonchev–Trinajstić information content (AvgIpc) is 3.01. The Morgan fingerprint density at radius 1 is 1.06 bits per heavy atom. The molecule has 6 nitrogen and oxygen atoms in total. The van der Waals surface area contributed by atoms with E-state index in [2.05, 4.69) is 13.8 Å². The Labute approximate surface area is 190 Å². The average molecular weight is 437 g/mol. The molecule has 1 N–H and O–H groups in total. The van der Waals surface area contributed by atoms with E-state index in [1.54, 1.807) is 24.3 Å². The van der Waals surface area contributed by atoms with Crippen LogP contribution in [0.3, 0.4) is 0 Å². The van der Waals surface area contributed by atoms with E-state index < -0.39 is 23.5 Å². The van der Waals surface area contributed by atoms with Crippen molar-refractivity contribution in [3.05, 3.63) is 70.8 Å². The molecule has 3 rings (SSSR count). The number of benzene rings is 2. The quantitative estimate of drug-likeness (QED) is 0.386. The number of ketones is 1. The molecular weight excluding hydrogens is 404 g/mol. The van der Waals surface area contributed by atoms with Crippen molar-refractivity contribution >= 4 is 17.4 Å². The second-order valence-electron chi connectivity index (χ2n) is 9.07. The Morgan fingerprint density at radius 3 is 2.25 bits per heavy atom. The van der Waals surface area contributed by atoms with E-state index in [9.17, 15) is 14.7 Å². The molecule has 1 aliphatic rings. The molecule has 1 unspecified atom stereocenters. The third kappa shape index (κ3) is 5.19. The van der Waals surface area contributed by atoms with Crippen LogP contribution in [0.1, 0.15) is 36.6 Å². The zero-order valence-electron chi connectivity index (χ0n) is 19.5. The molecule has 32 heavy (non-hydrogen) atoms. The van der Waals surface area contributed by atoms with E-state index in [4.69, 9.17) is 4.74 Å². The van der Waals surface area contributed by atoms with Gasteiger partial charge in [0.2, 0.25) is 5.78 Å². The standard InChI is InChI=1S/C26H32N2O4/c1-17(2)16-32-21-12-10-20(11-13-21)24(29)22-23(19-8-6-18(3)7-9-19)28(15-14-27(4)5)26(31)25(22)30/h6-13,17,23,29H,14-16H2,1-5H3/b24-22+. The highest BCUT2D eigenvalue weighted by Crippen LogP contribution is 2.38. The maximum atomic E-state index is 13.4. The van der Waals surface area contributed by atoms with Gasteiger partial charge in [-0.3, -0.25) is 9.59 Å². The molecule has 1 fully saturated rings. The van der Waals surface area contributed by atoms with Crippen LogP contribution in [0.4, 0.5) is 0 Å². The van der Waals surface area contributed by atoms with E-state index >= 15 is 0 Å². The van der Waals surface area contributed by atoms with Crippen LogP contribution in [0.25, 0.3) is 5.76 Å². The fraction of sp³-hybridized carbons (Fsp3) is 0.385. The maximum absolute atomic E-state index is 13.4. The largest absolute Gasteiger partial charge is 0.872 e. The molecule has 0 saturated carbocycles. The molecule has 1 amide bonds. The third-order valence-corrected chi connectivity index (χ3v) is 5.48. The van der Waals surface area contributed by atoms with E-state index in [0.717, 1.165) is 16.0 Å². The first-order chi connectivity index (χ1) is 15.2. The second-order valence-corrected chi connectivity index (χ2v) is 9.07. The summed E-state index contributed by atoms with van der Waals surface area (Å²) in [6.07, 6.45) is 0. The summed E-state index contributed by atoms with van der Waals surface area (Å²) in [5, 5.41) is 13.4. The van der Waals surface area contributed by atoms with Gasteiger partial charge in [-0.05, 0) is 36.1 Å². The number of carbonyl (C=O) groups excluding carboxylic acids is 2. The Balaban J connectivity index is 2.02. The van der Waals surface area contributed by atoms with Gasteiger partial charge in [-0.2, -0.15) is 0 Å². The van der Waals surface area contributed by atoms with Crippen molar-refractivity contribution in [3.8, 4) is 5.75 Å². The summed E-state index contributed by atoms with van der Waals surface area (Å²) < 4.78 is 5.69. The number of amides is 1. The minimum absolute atomic E-state index is 0.0171. The first-order valence-electron chi connectivity index (χ1n) is 11.0. The van der Waals surface area contributed by atoms with Crippen molar-refractivity contribution in [1.29, 1.82) is 0 Å². The number of likely N-dealkylation sites (tertiary alicyclic amines) is 1. The minimum Gasteiger partial charge on any atom is -0.872 e. The van der Waals surface area contributed by atoms with Gasteiger partial charge >= 0.3 is 0 Å². The van der Waals surface area contributed by atoms with Crippen LogP contribution in [0.15, 0.2) is 54.1 Å². The molecule has 1 heterocycles. The number of hydrogen-bond acceptors (Lipinski definition) is 4. The minimum atomic E-state index is -0.713. The molecule has 0 spiro atoms. The van der Waals surface area contributed by atoms with E-state index in [-0.39, 0.29) is 5.57 Å². The van der Waals surface area contributed by atoms with Gasteiger partial charge in [0.15, 0.2) is 0 Å². The topological polar surface area (TPSA) is 74.1 Å². The van der Waals surface area contributed by atoms with Crippen LogP contribution >= 0.6 is 0 Å². The maximum Gasteiger partial charge on any atom is 0.295 e. The zero-order chi connectivity index (χ0) is 23.4. The summed E-state index contributed by atoms with van der Waals surface area (Å²) in [4.78, 5) is 28.6. The van der Waals surface area contributed by atoms with Crippen LogP contribution in [-0.2, 0) is 9.59 Å². The molecule has 6 heteroatoms. The molecule has 170 valence electrons. The highest BCUT2D eigenvalue weighted by atomic mass is 16.5. The monoisotopic (exact) mass is 436 g/mol. The highest BCUT2D eigenvalue weighted by molar-refractivity contribution is 6.46. The number of aryl methyl sites for hydroxylation is 1. The van der Waals surface area contributed by atoms with Gasteiger partial charge < -0.3 is 19.6 Å². The van der Waals surface area contributed by atoms with Gasteiger partial charge in [-0.15, -0.1) is 0 Å². The van der Waals surface area contributed by atoms with Crippen LogP contribution < -0.4 is 14.7 Å². The first kappa shape index (κ1) is 23.5. The summed E-state index contributed by atoms with van der Waals surface area (Å²) in [5.74, 6) is -0.686. The molecule has 0 radical (unpaired) electrons. The molecule has 1 atom stereocenters. The lowest BCUT2D eigenvalue weighted by Crippen LogP contribution is -3.06. The van der Waals surface area contributed by atoms with E-state index in [1.165, 1.54) is 4.90 Å². The summed E-state index contributed by atoms with van der Waals surface area (Å²) >= 11 is 0. The second kappa shape index (κ2) is 10.0. The third-order valence-electron chi connectivity index (χ3n) is 5.48. The zero-order valence-corrected chi connectivity index (χ0v) is 19.5. The van der Waals surface area contributed by atoms with Crippen molar-refractivity contribution in [3.63, 3.8) is 0 Å². The van der Waals surface area contributed by atoms with E-state index in [0.29, 0.717) is 36.9 Å². The molecule has 0 bridgehead atoms. The van der Waals surface area contributed by atoms with Gasteiger partial charge in [-0.25, -0.2) is 0 Å². The van der Waals surface area contributed by atoms with Crippen LogP contribution in [0, 0.1) is 12.8 Å². The number of Topliss-reactive ketones (excluding diaryl/α,β-unsaturated/α-hetero) is 1. The molecule has 1 aliphatic heterocycles. The summed E-state index contributed by atoms with van der Waals surface area (Å²) in [7, 11) is 3.98. The van der Waals surface area contributed by atoms with Gasteiger partial charge in [-0.1, -0.05) is 61.6 Å². The molecule has 1 saturated heterocycles. The predicted octanol–water partition coefficient (Wildman–Crippen LogP) is 1.40. The summed E-state index contributed by atoms with van der Waals surface area (Å²) in [5.41, 5.74) is 2.22. The van der Waals surface area contributed by atoms with Crippen LogP contribution in [-0.4, -0.2) is 50.4 Å². The van der Waals surface area contributed by atoms with Gasteiger partial charge in [0.05, 0.1) is 39.8 Å². The molecule has 2 aromatic carbocycles. The van der Waals surface area contributed by atoms with Gasteiger partial charge in [0, 0.05) is 5.57 Å². The molecule has 2 aromatic rings.